The second kappa shape index (κ2) is 7.43. The summed E-state index contributed by atoms with van der Waals surface area (Å²) in [5.41, 5.74) is 4.19. The van der Waals surface area contributed by atoms with E-state index in [2.05, 4.69) is 42.2 Å². The molecule has 1 saturated heterocycles. The number of thioether (sulfide) groups is 1. The molecule has 2 aromatic carbocycles. The van der Waals surface area contributed by atoms with E-state index in [-0.39, 0.29) is 11.3 Å². The topological polar surface area (TPSA) is 46.1 Å². The summed E-state index contributed by atoms with van der Waals surface area (Å²) >= 11 is 15.3. The lowest BCUT2D eigenvalue weighted by molar-refractivity contribution is -0.115. The Morgan fingerprint density at radius 1 is 1.07 bits per heavy atom. The summed E-state index contributed by atoms with van der Waals surface area (Å²) in [5, 5.41) is 10.9. The molecular weight excluding hydrogens is 421 g/mol. The lowest BCUT2D eigenvalue weighted by Crippen LogP contribution is -2.27. The highest BCUT2D eigenvalue weighted by Crippen LogP contribution is 2.45. The first-order chi connectivity index (χ1) is 12.9. The molecule has 1 aliphatic rings. The number of amides is 1. The van der Waals surface area contributed by atoms with Crippen LogP contribution in [0.25, 0.3) is 10.6 Å². The van der Waals surface area contributed by atoms with Gasteiger partial charge >= 0.3 is 0 Å². The van der Waals surface area contributed by atoms with Crippen LogP contribution in [0.15, 0.2) is 36.4 Å². The maximum atomic E-state index is 12.6. The lowest BCUT2D eigenvalue weighted by Gasteiger charge is -2.22. The molecule has 1 aromatic heterocycles. The molecule has 138 valence electrons. The van der Waals surface area contributed by atoms with Gasteiger partial charge in [0.05, 0.1) is 5.75 Å². The average molecular weight is 436 g/mol. The van der Waals surface area contributed by atoms with Crippen LogP contribution in [0.1, 0.15) is 22.1 Å². The standard InChI is InChI=1S/C19H15Cl2N3OS2/c1-10-5-11(2)7-12(6-10)17-22-23-19(27-17)24-16(25)9-26-18(24)14-4-3-13(20)8-15(14)21/h3-8,18H,9H2,1-2H3/t18-/m1/s1. The maximum Gasteiger partial charge on any atom is 0.240 e. The zero-order valence-corrected chi connectivity index (χ0v) is 17.7. The van der Waals surface area contributed by atoms with Gasteiger partial charge in [-0.1, -0.05) is 57.8 Å². The predicted molar refractivity (Wildman–Crippen MR) is 114 cm³/mol. The summed E-state index contributed by atoms with van der Waals surface area (Å²) < 4.78 is 0. The normalized spacial score (nSPS) is 17.0. The van der Waals surface area contributed by atoms with E-state index in [1.807, 2.05) is 6.07 Å². The van der Waals surface area contributed by atoms with Crippen molar-refractivity contribution in [2.75, 3.05) is 10.7 Å². The van der Waals surface area contributed by atoms with Crippen molar-refractivity contribution in [3.63, 3.8) is 0 Å². The monoisotopic (exact) mass is 435 g/mol. The number of hydrogen-bond acceptors (Lipinski definition) is 5. The van der Waals surface area contributed by atoms with Gasteiger partial charge in [-0.05, 0) is 38.1 Å². The van der Waals surface area contributed by atoms with Gasteiger partial charge < -0.3 is 0 Å². The van der Waals surface area contributed by atoms with Gasteiger partial charge in [0.2, 0.25) is 11.0 Å². The van der Waals surface area contributed by atoms with E-state index < -0.39 is 0 Å². The summed E-state index contributed by atoms with van der Waals surface area (Å²) in [7, 11) is 0. The Balaban J connectivity index is 1.71. The molecule has 0 N–H and O–H groups in total. The van der Waals surface area contributed by atoms with Gasteiger partial charge in [0, 0.05) is 21.2 Å². The maximum absolute atomic E-state index is 12.6. The molecule has 27 heavy (non-hydrogen) atoms. The molecule has 4 rings (SSSR count). The number of hydrogen-bond donors (Lipinski definition) is 0. The third kappa shape index (κ3) is 3.72. The van der Waals surface area contributed by atoms with Crippen LogP contribution in [0, 0.1) is 13.8 Å². The first-order valence-corrected chi connectivity index (χ1v) is 10.9. The van der Waals surface area contributed by atoms with Crippen molar-refractivity contribution in [1.29, 1.82) is 0 Å². The van der Waals surface area contributed by atoms with Crippen molar-refractivity contribution < 1.29 is 4.79 Å². The Kier molecular flexibility index (Phi) is 5.16. The minimum Gasteiger partial charge on any atom is -0.273 e. The molecule has 1 amide bonds. The van der Waals surface area contributed by atoms with Crippen molar-refractivity contribution >= 4 is 57.3 Å². The molecule has 2 heterocycles. The zero-order chi connectivity index (χ0) is 19.1. The number of aromatic nitrogens is 2. The Morgan fingerprint density at radius 2 is 1.81 bits per heavy atom. The molecule has 0 spiro atoms. The number of halogens is 2. The smallest absolute Gasteiger partial charge is 0.240 e. The van der Waals surface area contributed by atoms with E-state index in [1.54, 1.807) is 17.0 Å². The third-order valence-corrected chi connectivity index (χ3v) is 6.91. The number of anilines is 1. The SMILES string of the molecule is Cc1cc(C)cc(-c2nnc(N3C(=O)CS[C@@H]3c3ccc(Cl)cc3Cl)s2)c1. The third-order valence-electron chi connectivity index (χ3n) is 4.19. The molecule has 1 atom stereocenters. The average Bonchev–Trinajstić information content (AvgIpc) is 3.21. The second-order valence-electron chi connectivity index (χ2n) is 6.36. The van der Waals surface area contributed by atoms with Gasteiger partial charge in [-0.15, -0.1) is 22.0 Å². The van der Waals surface area contributed by atoms with Crippen LogP contribution in [0.3, 0.4) is 0 Å². The quantitative estimate of drug-likeness (QED) is 0.512. The molecular formula is C19H15Cl2N3OS2. The number of carbonyl (C=O) groups excluding carboxylic acids is 1. The molecule has 8 heteroatoms. The largest absolute Gasteiger partial charge is 0.273 e. The highest BCUT2D eigenvalue weighted by Gasteiger charge is 2.37. The molecule has 0 saturated carbocycles. The van der Waals surface area contributed by atoms with Crippen LogP contribution in [0.5, 0.6) is 0 Å². The van der Waals surface area contributed by atoms with E-state index in [9.17, 15) is 4.79 Å². The molecule has 1 fully saturated rings. The van der Waals surface area contributed by atoms with Crippen molar-refractivity contribution in [1.82, 2.24) is 10.2 Å². The number of rotatable bonds is 3. The van der Waals surface area contributed by atoms with Gasteiger partial charge in [-0.2, -0.15) is 0 Å². The van der Waals surface area contributed by atoms with E-state index in [0.29, 0.717) is 20.9 Å². The van der Waals surface area contributed by atoms with Gasteiger partial charge in [0.1, 0.15) is 10.4 Å². The lowest BCUT2D eigenvalue weighted by atomic mass is 10.1. The Labute approximate surface area is 175 Å². The van der Waals surface area contributed by atoms with Crippen molar-refractivity contribution in [2.24, 2.45) is 0 Å². The minimum atomic E-state index is -0.234. The van der Waals surface area contributed by atoms with Gasteiger partial charge in [-0.25, -0.2) is 0 Å². The molecule has 0 unspecified atom stereocenters. The van der Waals surface area contributed by atoms with Crippen LogP contribution < -0.4 is 4.90 Å². The fourth-order valence-electron chi connectivity index (χ4n) is 3.09. The molecule has 1 aliphatic heterocycles. The summed E-state index contributed by atoms with van der Waals surface area (Å²) in [6, 6.07) is 11.6. The number of aryl methyl sites for hydroxylation is 2. The molecule has 0 aliphatic carbocycles. The first kappa shape index (κ1) is 18.7. The highest BCUT2D eigenvalue weighted by atomic mass is 35.5. The van der Waals surface area contributed by atoms with Crippen LogP contribution in [-0.4, -0.2) is 21.9 Å². The Hall–Kier alpha value is -1.60. The van der Waals surface area contributed by atoms with Gasteiger partial charge in [0.15, 0.2) is 0 Å². The number of nitrogens with zero attached hydrogens (tertiary/aromatic N) is 3. The van der Waals surface area contributed by atoms with Crippen LogP contribution in [0.2, 0.25) is 10.0 Å². The summed E-state index contributed by atoms with van der Waals surface area (Å²) in [6.45, 7) is 4.11. The van der Waals surface area contributed by atoms with Gasteiger partial charge in [0.25, 0.3) is 0 Å². The molecule has 0 radical (unpaired) electrons. The molecule has 0 bridgehead atoms. The Bertz CT molecular complexity index is 1020. The van der Waals surface area contributed by atoms with E-state index >= 15 is 0 Å². The fourth-order valence-corrected chi connectivity index (χ4v) is 5.80. The molecule has 4 nitrogen and oxygen atoms in total. The van der Waals surface area contributed by atoms with E-state index in [4.69, 9.17) is 23.2 Å². The fraction of sp³-hybridized carbons (Fsp3) is 0.211. The first-order valence-electron chi connectivity index (χ1n) is 8.23. The van der Waals surface area contributed by atoms with E-state index in [0.717, 1.165) is 16.1 Å². The van der Waals surface area contributed by atoms with Crippen LogP contribution in [-0.2, 0) is 4.79 Å². The van der Waals surface area contributed by atoms with Crippen LogP contribution >= 0.6 is 46.3 Å². The van der Waals surface area contributed by atoms with Crippen molar-refractivity contribution in [3.05, 3.63) is 63.1 Å². The summed E-state index contributed by atoms with van der Waals surface area (Å²) in [6.07, 6.45) is 0. The number of benzene rings is 2. The zero-order valence-electron chi connectivity index (χ0n) is 14.6. The molecule has 3 aromatic rings. The predicted octanol–water partition coefficient (Wildman–Crippen LogP) is 5.91. The van der Waals surface area contributed by atoms with Crippen LogP contribution in [0.4, 0.5) is 5.13 Å². The highest BCUT2D eigenvalue weighted by molar-refractivity contribution is 8.00. The number of carbonyl (C=O) groups is 1. The van der Waals surface area contributed by atoms with E-state index in [1.165, 1.54) is 34.2 Å². The van der Waals surface area contributed by atoms with Crippen molar-refractivity contribution in [2.45, 2.75) is 19.2 Å². The summed E-state index contributed by atoms with van der Waals surface area (Å²) in [5.74, 6) is 0.376. The Morgan fingerprint density at radius 3 is 2.52 bits per heavy atom. The minimum absolute atomic E-state index is 0.000797. The van der Waals surface area contributed by atoms with Crippen molar-refractivity contribution in [3.8, 4) is 10.6 Å². The summed E-state index contributed by atoms with van der Waals surface area (Å²) in [4.78, 5) is 14.2. The van der Waals surface area contributed by atoms with Gasteiger partial charge in [-0.3, -0.25) is 9.69 Å². The second-order valence-corrected chi connectivity index (χ2v) is 9.23.